The minimum absolute atomic E-state index is 0.0656. The molecule has 1 aromatic heterocycles. The first-order chi connectivity index (χ1) is 13.9. The van der Waals surface area contributed by atoms with E-state index in [0.29, 0.717) is 15.6 Å². The van der Waals surface area contributed by atoms with Crippen LogP contribution in [0.4, 0.5) is 11.4 Å². The lowest BCUT2D eigenvalue weighted by atomic mass is 10.1. The molecule has 1 heterocycles. The van der Waals surface area contributed by atoms with Gasteiger partial charge in [0, 0.05) is 16.7 Å². The molecule has 1 amide bonds. The van der Waals surface area contributed by atoms with Crippen molar-refractivity contribution >= 4 is 62.0 Å². The molecule has 0 unspecified atom stereocenters. The number of benzene rings is 3. The third-order valence-electron chi connectivity index (χ3n) is 4.16. The predicted molar refractivity (Wildman–Crippen MR) is 116 cm³/mol. The maximum absolute atomic E-state index is 12.5. The van der Waals surface area contributed by atoms with Crippen molar-refractivity contribution in [3.05, 3.63) is 86.4 Å². The number of fused-ring (bicyclic) bond motifs is 1. The average Bonchev–Trinajstić information content (AvgIpc) is 3.12. The first-order valence-corrected chi connectivity index (χ1v) is 9.90. The molecule has 9 heteroatoms. The highest BCUT2D eigenvalue weighted by molar-refractivity contribution is 7.21. The number of nitrogens with one attached hydrogen (secondary N) is 1. The molecule has 0 aliphatic rings. The molecule has 0 aliphatic heterocycles. The van der Waals surface area contributed by atoms with E-state index in [0.717, 1.165) is 10.2 Å². The van der Waals surface area contributed by atoms with Crippen molar-refractivity contribution < 1.29 is 9.72 Å². The second kappa shape index (κ2) is 7.79. The Bertz CT molecular complexity index is 1240. The number of para-hydroxylation sites is 1. The molecule has 0 saturated carbocycles. The summed E-state index contributed by atoms with van der Waals surface area (Å²) in [6, 6.07) is 16.6. The van der Waals surface area contributed by atoms with Crippen LogP contribution in [0.5, 0.6) is 0 Å². The van der Waals surface area contributed by atoms with Crippen LogP contribution in [0.1, 0.15) is 10.4 Å². The van der Waals surface area contributed by atoms with Crippen molar-refractivity contribution in [1.29, 1.82) is 0 Å². The summed E-state index contributed by atoms with van der Waals surface area (Å²) in [6.45, 7) is 0. The second-order valence-electron chi connectivity index (χ2n) is 6.05. The van der Waals surface area contributed by atoms with Crippen LogP contribution in [0.2, 0.25) is 10.0 Å². The van der Waals surface area contributed by atoms with Gasteiger partial charge in [0.2, 0.25) is 0 Å². The Morgan fingerprint density at radius 1 is 1.07 bits per heavy atom. The number of nitro benzene ring substituents is 1. The Hall–Kier alpha value is -3.00. The Kier molecular flexibility index (Phi) is 5.19. The number of carbonyl (C=O) groups excluding carboxylic acids is 1. The van der Waals surface area contributed by atoms with E-state index in [2.05, 4.69) is 10.3 Å². The topological polar surface area (TPSA) is 85.1 Å². The fraction of sp³-hybridized carbons (Fsp3) is 0. The van der Waals surface area contributed by atoms with Crippen molar-refractivity contribution in [3.8, 4) is 10.6 Å². The zero-order valence-corrected chi connectivity index (χ0v) is 16.9. The van der Waals surface area contributed by atoms with Gasteiger partial charge in [-0.15, -0.1) is 11.3 Å². The van der Waals surface area contributed by atoms with E-state index in [1.165, 1.54) is 41.7 Å². The third-order valence-corrected chi connectivity index (χ3v) is 5.79. The fourth-order valence-corrected chi connectivity index (χ4v) is 4.24. The van der Waals surface area contributed by atoms with Gasteiger partial charge in [0.25, 0.3) is 11.6 Å². The average molecular weight is 444 g/mol. The Labute approximate surface area is 178 Å². The quantitative estimate of drug-likeness (QED) is 0.290. The summed E-state index contributed by atoms with van der Waals surface area (Å²) in [5.41, 5.74) is 1.42. The number of thiazole rings is 1. The van der Waals surface area contributed by atoms with E-state index in [9.17, 15) is 14.9 Å². The number of aromatic nitrogens is 1. The summed E-state index contributed by atoms with van der Waals surface area (Å²) in [4.78, 5) is 28.1. The Morgan fingerprint density at radius 3 is 2.59 bits per heavy atom. The van der Waals surface area contributed by atoms with Gasteiger partial charge in [-0.05, 0) is 42.5 Å². The summed E-state index contributed by atoms with van der Waals surface area (Å²) in [7, 11) is 0. The number of anilines is 1. The summed E-state index contributed by atoms with van der Waals surface area (Å²) < 4.78 is 0.986. The summed E-state index contributed by atoms with van der Waals surface area (Å²) >= 11 is 13.3. The normalized spacial score (nSPS) is 10.8. The van der Waals surface area contributed by atoms with E-state index < -0.39 is 10.8 Å². The maximum Gasteiger partial charge on any atom is 0.293 e. The highest BCUT2D eigenvalue weighted by Crippen LogP contribution is 2.35. The summed E-state index contributed by atoms with van der Waals surface area (Å²) in [5.74, 6) is -0.567. The van der Waals surface area contributed by atoms with Crippen LogP contribution in [-0.2, 0) is 0 Å². The van der Waals surface area contributed by atoms with E-state index in [4.69, 9.17) is 23.2 Å². The molecule has 144 valence electrons. The maximum atomic E-state index is 12.5. The fourth-order valence-electron chi connectivity index (χ4n) is 2.78. The number of hydrogen-bond donors (Lipinski definition) is 1. The summed E-state index contributed by atoms with van der Waals surface area (Å²) in [6.07, 6.45) is 0. The van der Waals surface area contributed by atoms with Crippen molar-refractivity contribution in [1.82, 2.24) is 4.98 Å². The van der Waals surface area contributed by atoms with Gasteiger partial charge in [-0.1, -0.05) is 35.3 Å². The molecule has 4 aromatic rings. The number of rotatable bonds is 4. The van der Waals surface area contributed by atoms with Gasteiger partial charge in [0.15, 0.2) is 0 Å². The molecular formula is C20H11Cl2N3O3S. The molecule has 4 rings (SSSR count). The van der Waals surface area contributed by atoms with Crippen molar-refractivity contribution in [2.45, 2.75) is 0 Å². The molecule has 0 fully saturated rings. The van der Waals surface area contributed by atoms with Gasteiger partial charge >= 0.3 is 0 Å². The van der Waals surface area contributed by atoms with Crippen LogP contribution in [-0.4, -0.2) is 15.8 Å². The van der Waals surface area contributed by atoms with Crippen LogP contribution in [0.25, 0.3) is 20.8 Å². The van der Waals surface area contributed by atoms with Gasteiger partial charge in [0.1, 0.15) is 10.7 Å². The molecule has 0 bridgehead atoms. The minimum Gasteiger partial charge on any atom is -0.316 e. The van der Waals surface area contributed by atoms with E-state index in [1.807, 2.05) is 24.3 Å². The van der Waals surface area contributed by atoms with Crippen LogP contribution >= 0.6 is 34.5 Å². The van der Waals surface area contributed by atoms with Gasteiger partial charge in [-0.2, -0.15) is 0 Å². The SMILES string of the molecule is O=C(Nc1ccc(-c2nc3ccccc3s2)cc1[N+](=O)[O-])c1ccc(Cl)cc1Cl. The molecule has 3 aromatic carbocycles. The number of nitro groups is 1. The zero-order chi connectivity index (χ0) is 20.5. The van der Waals surface area contributed by atoms with Crippen LogP contribution in [0.15, 0.2) is 60.7 Å². The van der Waals surface area contributed by atoms with Gasteiger partial charge in [0.05, 0.1) is 25.7 Å². The molecule has 0 spiro atoms. The molecular weight excluding hydrogens is 433 g/mol. The smallest absolute Gasteiger partial charge is 0.293 e. The number of amides is 1. The Balaban J connectivity index is 1.69. The third kappa shape index (κ3) is 3.93. The van der Waals surface area contributed by atoms with Crippen LogP contribution < -0.4 is 5.32 Å². The highest BCUT2D eigenvalue weighted by Gasteiger charge is 2.20. The lowest BCUT2D eigenvalue weighted by Gasteiger charge is -2.08. The molecule has 0 aliphatic carbocycles. The van der Waals surface area contributed by atoms with Gasteiger partial charge in [-0.25, -0.2) is 4.98 Å². The highest BCUT2D eigenvalue weighted by atomic mass is 35.5. The predicted octanol–water partition coefficient (Wildman–Crippen LogP) is 6.43. The second-order valence-corrected chi connectivity index (χ2v) is 7.93. The lowest BCUT2D eigenvalue weighted by molar-refractivity contribution is -0.383. The van der Waals surface area contributed by atoms with Crippen molar-refractivity contribution in [3.63, 3.8) is 0 Å². The molecule has 0 saturated heterocycles. The standard InChI is InChI=1S/C20H11Cl2N3O3S/c21-12-6-7-13(14(22)10-12)19(26)23-15-8-5-11(9-17(15)25(27)28)20-24-16-3-1-2-4-18(16)29-20/h1-10H,(H,23,26). The first kappa shape index (κ1) is 19.3. The van der Waals surface area contributed by atoms with Gasteiger partial charge in [-0.3, -0.25) is 14.9 Å². The summed E-state index contributed by atoms with van der Waals surface area (Å²) in [5, 5.41) is 15.4. The van der Waals surface area contributed by atoms with Gasteiger partial charge < -0.3 is 5.32 Å². The molecule has 29 heavy (non-hydrogen) atoms. The van der Waals surface area contributed by atoms with Crippen molar-refractivity contribution in [2.75, 3.05) is 5.32 Å². The number of carbonyl (C=O) groups is 1. The number of nitrogens with zero attached hydrogens (tertiary/aromatic N) is 2. The van der Waals surface area contributed by atoms with E-state index >= 15 is 0 Å². The number of halogens is 2. The molecule has 1 N–H and O–H groups in total. The van der Waals surface area contributed by atoms with Crippen LogP contribution in [0, 0.1) is 10.1 Å². The number of hydrogen-bond acceptors (Lipinski definition) is 5. The zero-order valence-electron chi connectivity index (χ0n) is 14.6. The lowest BCUT2D eigenvalue weighted by Crippen LogP contribution is -2.13. The van der Waals surface area contributed by atoms with Crippen molar-refractivity contribution in [2.24, 2.45) is 0 Å². The molecule has 0 radical (unpaired) electrons. The van der Waals surface area contributed by atoms with E-state index in [-0.39, 0.29) is 22.0 Å². The minimum atomic E-state index is -0.567. The molecule has 0 atom stereocenters. The first-order valence-electron chi connectivity index (χ1n) is 8.33. The monoisotopic (exact) mass is 443 g/mol. The Morgan fingerprint density at radius 2 is 1.86 bits per heavy atom. The largest absolute Gasteiger partial charge is 0.316 e. The van der Waals surface area contributed by atoms with E-state index in [1.54, 1.807) is 6.07 Å². The van der Waals surface area contributed by atoms with Crippen LogP contribution in [0.3, 0.4) is 0 Å². The molecule has 6 nitrogen and oxygen atoms in total.